The molecule has 0 saturated heterocycles. The van der Waals surface area contributed by atoms with Crippen molar-refractivity contribution in [3.63, 3.8) is 0 Å². The summed E-state index contributed by atoms with van der Waals surface area (Å²) in [5.74, 6) is 0.745. The third kappa shape index (κ3) is 2.62. The van der Waals surface area contributed by atoms with Crippen molar-refractivity contribution in [2.75, 3.05) is 27.2 Å². The largest absolute Gasteiger partial charge is 0.491 e. The van der Waals surface area contributed by atoms with Gasteiger partial charge < -0.3 is 14.1 Å². The number of hydrogen-bond donors (Lipinski definition) is 0. The van der Waals surface area contributed by atoms with Crippen LogP contribution in [0.1, 0.15) is 0 Å². The molecule has 0 unspecified atom stereocenters. The number of nitrogens with zero attached hydrogens (tertiary/aromatic N) is 1. The molecule has 3 aromatic rings. The number of likely N-dealkylation sites (N-methyl/N-ethyl adjacent to an activating group) is 1. The standard InChI is InChI=1S/C17H17NO3/c1-18(2)10-11-20-14-8-5-9-15-16(14)12-6-3-4-7-13(12)17(19)21-15/h3-9H,10-11H2,1-2H3. The molecule has 0 amide bonds. The second-order valence-electron chi connectivity index (χ2n) is 5.22. The Morgan fingerprint density at radius 3 is 2.57 bits per heavy atom. The van der Waals surface area contributed by atoms with Crippen molar-refractivity contribution < 1.29 is 9.15 Å². The molecule has 0 bridgehead atoms. The number of ether oxygens (including phenoxy) is 1. The van der Waals surface area contributed by atoms with Crippen LogP contribution in [0, 0.1) is 0 Å². The van der Waals surface area contributed by atoms with Crippen LogP contribution in [-0.4, -0.2) is 32.1 Å². The predicted molar refractivity (Wildman–Crippen MR) is 84.0 cm³/mol. The predicted octanol–water partition coefficient (Wildman–Crippen LogP) is 2.89. The summed E-state index contributed by atoms with van der Waals surface area (Å²) in [6.45, 7) is 1.41. The molecule has 4 nitrogen and oxygen atoms in total. The van der Waals surface area contributed by atoms with E-state index in [2.05, 4.69) is 4.90 Å². The van der Waals surface area contributed by atoms with Gasteiger partial charge in [0.25, 0.3) is 0 Å². The molecule has 0 aliphatic heterocycles. The average molecular weight is 283 g/mol. The first-order valence-electron chi connectivity index (χ1n) is 6.89. The fourth-order valence-corrected chi connectivity index (χ4v) is 2.35. The first-order valence-corrected chi connectivity index (χ1v) is 6.89. The first-order chi connectivity index (χ1) is 10.2. The molecule has 3 rings (SSSR count). The zero-order valence-electron chi connectivity index (χ0n) is 12.1. The van der Waals surface area contributed by atoms with Crippen LogP contribution in [0.15, 0.2) is 51.7 Å². The Morgan fingerprint density at radius 2 is 1.81 bits per heavy atom. The minimum Gasteiger partial charge on any atom is -0.491 e. The van der Waals surface area contributed by atoms with Crippen molar-refractivity contribution in [2.24, 2.45) is 0 Å². The lowest BCUT2D eigenvalue weighted by Gasteiger charge is -2.13. The Hall–Kier alpha value is -2.33. The summed E-state index contributed by atoms with van der Waals surface area (Å²) in [7, 11) is 4.00. The van der Waals surface area contributed by atoms with E-state index in [1.807, 2.05) is 44.4 Å². The van der Waals surface area contributed by atoms with Crippen molar-refractivity contribution in [3.05, 3.63) is 52.9 Å². The van der Waals surface area contributed by atoms with Crippen molar-refractivity contribution in [2.45, 2.75) is 0 Å². The van der Waals surface area contributed by atoms with Crippen LogP contribution in [0.25, 0.3) is 21.7 Å². The Balaban J connectivity index is 2.17. The molecule has 0 radical (unpaired) electrons. The smallest absolute Gasteiger partial charge is 0.344 e. The van der Waals surface area contributed by atoms with Gasteiger partial charge in [-0.2, -0.15) is 0 Å². The van der Waals surface area contributed by atoms with Crippen LogP contribution in [0.2, 0.25) is 0 Å². The van der Waals surface area contributed by atoms with E-state index >= 15 is 0 Å². The third-order valence-electron chi connectivity index (χ3n) is 3.40. The Labute approximate surface area is 122 Å². The molecule has 4 heteroatoms. The lowest BCUT2D eigenvalue weighted by Crippen LogP contribution is -2.19. The maximum Gasteiger partial charge on any atom is 0.344 e. The van der Waals surface area contributed by atoms with Gasteiger partial charge >= 0.3 is 5.63 Å². The van der Waals surface area contributed by atoms with E-state index in [1.54, 1.807) is 12.1 Å². The Morgan fingerprint density at radius 1 is 1.05 bits per heavy atom. The molecule has 108 valence electrons. The fourth-order valence-electron chi connectivity index (χ4n) is 2.35. The topological polar surface area (TPSA) is 42.7 Å². The second kappa shape index (κ2) is 5.58. The zero-order valence-corrected chi connectivity index (χ0v) is 12.1. The highest BCUT2D eigenvalue weighted by Crippen LogP contribution is 2.31. The van der Waals surface area contributed by atoms with Crippen LogP contribution in [0.4, 0.5) is 0 Å². The maximum absolute atomic E-state index is 12.0. The molecule has 0 N–H and O–H groups in total. The lowest BCUT2D eigenvalue weighted by molar-refractivity contribution is 0.263. The third-order valence-corrected chi connectivity index (χ3v) is 3.40. The highest BCUT2D eigenvalue weighted by atomic mass is 16.5. The number of rotatable bonds is 4. The molecule has 0 aliphatic rings. The molecule has 1 aromatic heterocycles. The summed E-state index contributed by atoms with van der Waals surface area (Å²) in [6.07, 6.45) is 0. The molecule has 0 atom stereocenters. The quantitative estimate of drug-likeness (QED) is 0.545. The van der Waals surface area contributed by atoms with Crippen LogP contribution < -0.4 is 10.4 Å². The molecule has 0 spiro atoms. The van der Waals surface area contributed by atoms with Gasteiger partial charge in [-0.3, -0.25) is 0 Å². The van der Waals surface area contributed by atoms with E-state index in [0.717, 1.165) is 23.1 Å². The molecule has 0 fully saturated rings. The van der Waals surface area contributed by atoms with Crippen molar-refractivity contribution >= 4 is 21.7 Å². The van der Waals surface area contributed by atoms with E-state index in [0.29, 0.717) is 17.6 Å². The van der Waals surface area contributed by atoms with Gasteiger partial charge in [-0.25, -0.2) is 4.79 Å². The highest BCUT2D eigenvalue weighted by molar-refractivity contribution is 6.07. The van der Waals surface area contributed by atoms with Crippen LogP contribution in [0.5, 0.6) is 5.75 Å². The molecular formula is C17H17NO3. The summed E-state index contributed by atoms with van der Waals surface area (Å²) < 4.78 is 11.3. The Bertz CT molecular complexity index is 836. The number of benzene rings is 2. The highest BCUT2D eigenvalue weighted by Gasteiger charge is 2.11. The summed E-state index contributed by atoms with van der Waals surface area (Å²) in [4.78, 5) is 14.1. The second-order valence-corrected chi connectivity index (χ2v) is 5.22. The van der Waals surface area contributed by atoms with Gasteiger partial charge in [0.1, 0.15) is 17.9 Å². The van der Waals surface area contributed by atoms with Crippen molar-refractivity contribution in [1.29, 1.82) is 0 Å². The summed E-state index contributed by atoms with van der Waals surface area (Å²) in [6, 6.07) is 13.0. The van der Waals surface area contributed by atoms with E-state index in [4.69, 9.17) is 9.15 Å². The minimum atomic E-state index is -0.316. The average Bonchev–Trinajstić information content (AvgIpc) is 2.47. The normalized spacial score (nSPS) is 11.4. The van der Waals surface area contributed by atoms with Gasteiger partial charge in [0.2, 0.25) is 0 Å². The summed E-state index contributed by atoms with van der Waals surface area (Å²) >= 11 is 0. The molecular weight excluding hydrogens is 266 g/mol. The van der Waals surface area contributed by atoms with Crippen molar-refractivity contribution in [1.82, 2.24) is 4.90 Å². The van der Waals surface area contributed by atoms with Gasteiger partial charge in [0, 0.05) is 11.9 Å². The van der Waals surface area contributed by atoms with Gasteiger partial charge in [-0.1, -0.05) is 24.3 Å². The minimum absolute atomic E-state index is 0.316. The van der Waals surface area contributed by atoms with Crippen LogP contribution >= 0.6 is 0 Å². The monoisotopic (exact) mass is 283 g/mol. The summed E-state index contributed by atoms with van der Waals surface area (Å²) in [5, 5.41) is 2.30. The SMILES string of the molecule is CN(C)CCOc1cccc2oc(=O)c3ccccc3c12. The summed E-state index contributed by atoms with van der Waals surface area (Å²) in [5.41, 5.74) is 0.240. The van der Waals surface area contributed by atoms with Crippen LogP contribution in [0.3, 0.4) is 0 Å². The molecule has 1 heterocycles. The maximum atomic E-state index is 12.0. The van der Waals surface area contributed by atoms with Gasteiger partial charge in [-0.15, -0.1) is 0 Å². The lowest BCUT2D eigenvalue weighted by atomic mass is 10.1. The van der Waals surface area contributed by atoms with E-state index in [-0.39, 0.29) is 5.63 Å². The molecule has 0 saturated carbocycles. The van der Waals surface area contributed by atoms with Crippen LogP contribution in [-0.2, 0) is 0 Å². The molecule has 0 aliphatic carbocycles. The van der Waals surface area contributed by atoms with Gasteiger partial charge in [0.15, 0.2) is 0 Å². The first kappa shape index (κ1) is 13.6. The van der Waals surface area contributed by atoms with E-state index in [1.165, 1.54) is 0 Å². The molecule has 21 heavy (non-hydrogen) atoms. The van der Waals surface area contributed by atoms with Crippen molar-refractivity contribution in [3.8, 4) is 5.75 Å². The number of hydrogen-bond acceptors (Lipinski definition) is 4. The zero-order chi connectivity index (χ0) is 14.8. The van der Waals surface area contributed by atoms with E-state index in [9.17, 15) is 4.79 Å². The number of fused-ring (bicyclic) bond motifs is 3. The Kier molecular flexibility index (Phi) is 3.62. The van der Waals surface area contributed by atoms with Gasteiger partial charge in [-0.05, 0) is 32.3 Å². The van der Waals surface area contributed by atoms with Gasteiger partial charge in [0.05, 0.1) is 10.8 Å². The molecule has 2 aromatic carbocycles. The fraction of sp³-hybridized carbons (Fsp3) is 0.235. The van der Waals surface area contributed by atoms with E-state index < -0.39 is 0 Å².